The van der Waals surface area contributed by atoms with Crippen molar-refractivity contribution in [3.63, 3.8) is 0 Å². The highest BCUT2D eigenvalue weighted by atomic mass is 35.5. The molecule has 0 saturated carbocycles. The smallest absolute Gasteiger partial charge is 0.263 e. The SMILES string of the molecule is COc1ccc(-c2cc(C(=O)N(C)CCC(N)C(C)C)sc2C)cc1.Cl. The Kier molecular flexibility index (Phi) is 8.60. The number of carbonyl (C=O) groups excluding carboxylic acids is 1. The summed E-state index contributed by atoms with van der Waals surface area (Å²) in [7, 11) is 3.50. The summed E-state index contributed by atoms with van der Waals surface area (Å²) in [5.41, 5.74) is 8.28. The second kappa shape index (κ2) is 9.95. The highest BCUT2D eigenvalue weighted by Gasteiger charge is 2.18. The van der Waals surface area contributed by atoms with Crippen molar-refractivity contribution in [3.05, 3.63) is 40.1 Å². The van der Waals surface area contributed by atoms with Crippen LogP contribution >= 0.6 is 23.7 Å². The number of ether oxygens (including phenoxy) is 1. The van der Waals surface area contributed by atoms with E-state index in [1.165, 1.54) is 0 Å². The number of nitrogens with two attached hydrogens (primary N) is 1. The Labute approximate surface area is 166 Å². The van der Waals surface area contributed by atoms with Gasteiger partial charge in [-0.2, -0.15) is 0 Å². The Morgan fingerprint density at radius 3 is 2.42 bits per heavy atom. The molecule has 4 nitrogen and oxygen atoms in total. The van der Waals surface area contributed by atoms with Crippen LogP contribution in [0.5, 0.6) is 5.75 Å². The maximum absolute atomic E-state index is 12.7. The van der Waals surface area contributed by atoms with Crippen molar-refractivity contribution in [3.8, 4) is 16.9 Å². The molecule has 1 unspecified atom stereocenters. The zero-order chi connectivity index (χ0) is 18.6. The quantitative estimate of drug-likeness (QED) is 0.744. The summed E-state index contributed by atoms with van der Waals surface area (Å²) in [5.74, 6) is 1.31. The summed E-state index contributed by atoms with van der Waals surface area (Å²) in [5, 5.41) is 0. The van der Waals surface area contributed by atoms with Crippen LogP contribution in [0.25, 0.3) is 11.1 Å². The van der Waals surface area contributed by atoms with Crippen molar-refractivity contribution in [1.29, 1.82) is 0 Å². The van der Waals surface area contributed by atoms with Crippen molar-refractivity contribution in [1.82, 2.24) is 4.90 Å². The summed E-state index contributed by atoms with van der Waals surface area (Å²) in [6.07, 6.45) is 0.815. The fourth-order valence-corrected chi connectivity index (χ4v) is 3.65. The molecule has 1 amide bonds. The van der Waals surface area contributed by atoms with Crippen LogP contribution in [-0.2, 0) is 0 Å². The lowest BCUT2D eigenvalue weighted by molar-refractivity contribution is 0.0794. The number of rotatable bonds is 7. The van der Waals surface area contributed by atoms with Crippen molar-refractivity contribution in [2.75, 3.05) is 20.7 Å². The van der Waals surface area contributed by atoms with Gasteiger partial charge in [0, 0.05) is 24.5 Å². The van der Waals surface area contributed by atoms with Crippen LogP contribution in [-0.4, -0.2) is 37.6 Å². The summed E-state index contributed by atoms with van der Waals surface area (Å²) < 4.78 is 5.20. The molecule has 0 radical (unpaired) electrons. The second-order valence-corrected chi connectivity index (χ2v) is 7.99. The Balaban J connectivity index is 0.00000338. The van der Waals surface area contributed by atoms with Gasteiger partial charge in [-0.15, -0.1) is 23.7 Å². The van der Waals surface area contributed by atoms with Crippen LogP contribution in [0.15, 0.2) is 30.3 Å². The van der Waals surface area contributed by atoms with Crippen LogP contribution in [0.2, 0.25) is 0 Å². The number of halogens is 1. The van der Waals surface area contributed by atoms with E-state index >= 15 is 0 Å². The molecule has 0 aliphatic rings. The standard InChI is InChI=1S/C20H28N2O2S.ClH/c1-13(2)18(21)10-11-22(4)20(23)19-12-17(14(3)25-19)15-6-8-16(24-5)9-7-15;/h6-9,12-13,18H,10-11,21H2,1-5H3;1H. The molecule has 0 spiro atoms. The fourth-order valence-electron chi connectivity index (χ4n) is 2.61. The van der Waals surface area contributed by atoms with Gasteiger partial charge in [0.05, 0.1) is 12.0 Å². The molecule has 1 aromatic heterocycles. The number of carbonyl (C=O) groups is 1. The van der Waals surface area contributed by atoms with Gasteiger partial charge in [0.2, 0.25) is 0 Å². The monoisotopic (exact) mass is 396 g/mol. The van der Waals surface area contributed by atoms with Gasteiger partial charge in [-0.3, -0.25) is 4.79 Å². The number of methoxy groups -OCH3 is 1. The molecule has 0 aliphatic carbocycles. The van der Waals surface area contributed by atoms with Gasteiger partial charge in [-0.05, 0) is 48.6 Å². The summed E-state index contributed by atoms with van der Waals surface area (Å²) >= 11 is 1.54. The van der Waals surface area contributed by atoms with Gasteiger partial charge in [0.15, 0.2) is 0 Å². The molecule has 0 saturated heterocycles. The second-order valence-electron chi connectivity index (χ2n) is 6.73. The first-order chi connectivity index (χ1) is 11.8. The molecular weight excluding hydrogens is 368 g/mol. The van der Waals surface area contributed by atoms with Crippen LogP contribution in [0.3, 0.4) is 0 Å². The molecule has 2 N–H and O–H groups in total. The van der Waals surface area contributed by atoms with E-state index in [1.54, 1.807) is 23.3 Å². The highest BCUT2D eigenvalue weighted by Crippen LogP contribution is 2.32. The zero-order valence-electron chi connectivity index (χ0n) is 16.1. The first-order valence-electron chi connectivity index (χ1n) is 8.59. The molecule has 0 bridgehead atoms. The summed E-state index contributed by atoms with van der Waals surface area (Å²) in [6, 6.07) is 10.0. The number of nitrogens with zero attached hydrogens (tertiary/aromatic N) is 1. The Hall–Kier alpha value is -1.56. The normalized spacial score (nSPS) is 11.8. The predicted octanol–water partition coefficient (Wildman–Crippen LogP) is 4.60. The third-order valence-electron chi connectivity index (χ3n) is 4.53. The average molecular weight is 397 g/mol. The molecule has 2 aromatic rings. The molecule has 144 valence electrons. The molecule has 2 rings (SSSR count). The van der Waals surface area contributed by atoms with E-state index in [4.69, 9.17) is 10.5 Å². The van der Waals surface area contributed by atoms with Gasteiger partial charge >= 0.3 is 0 Å². The van der Waals surface area contributed by atoms with E-state index in [0.717, 1.165) is 33.1 Å². The fraction of sp³-hybridized carbons (Fsp3) is 0.450. The maximum Gasteiger partial charge on any atom is 0.263 e. The van der Waals surface area contributed by atoms with Crippen LogP contribution in [0.4, 0.5) is 0 Å². The Bertz CT molecular complexity index is 713. The Morgan fingerprint density at radius 2 is 1.88 bits per heavy atom. The highest BCUT2D eigenvalue weighted by molar-refractivity contribution is 7.14. The topological polar surface area (TPSA) is 55.6 Å². The average Bonchev–Trinajstić information content (AvgIpc) is 3.00. The van der Waals surface area contributed by atoms with E-state index in [9.17, 15) is 4.79 Å². The molecule has 0 aliphatic heterocycles. The number of hydrogen-bond acceptors (Lipinski definition) is 4. The van der Waals surface area contributed by atoms with Gasteiger partial charge < -0.3 is 15.4 Å². The van der Waals surface area contributed by atoms with Gasteiger partial charge in [-0.1, -0.05) is 26.0 Å². The molecular formula is C20H29ClN2O2S. The molecule has 26 heavy (non-hydrogen) atoms. The number of benzene rings is 1. The van der Waals surface area contributed by atoms with Crippen LogP contribution < -0.4 is 10.5 Å². The molecule has 1 heterocycles. The lowest BCUT2D eigenvalue weighted by Crippen LogP contribution is -2.34. The number of aryl methyl sites for hydroxylation is 1. The minimum absolute atomic E-state index is 0. The van der Waals surface area contributed by atoms with Crippen molar-refractivity contribution in [2.24, 2.45) is 11.7 Å². The number of thiophene rings is 1. The minimum Gasteiger partial charge on any atom is -0.497 e. The zero-order valence-corrected chi connectivity index (χ0v) is 17.7. The van der Waals surface area contributed by atoms with E-state index in [-0.39, 0.29) is 24.4 Å². The first-order valence-corrected chi connectivity index (χ1v) is 9.41. The molecule has 0 fully saturated rings. The van der Waals surface area contributed by atoms with E-state index in [2.05, 4.69) is 20.8 Å². The lowest BCUT2D eigenvalue weighted by Gasteiger charge is -2.21. The van der Waals surface area contributed by atoms with Crippen LogP contribution in [0.1, 0.15) is 34.8 Å². The Morgan fingerprint density at radius 1 is 1.27 bits per heavy atom. The van der Waals surface area contributed by atoms with Crippen LogP contribution in [0, 0.1) is 12.8 Å². The predicted molar refractivity (Wildman–Crippen MR) is 113 cm³/mol. The van der Waals surface area contributed by atoms with E-state index in [0.29, 0.717) is 12.5 Å². The van der Waals surface area contributed by atoms with E-state index < -0.39 is 0 Å². The van der Waals surface area contributed by atoms with E-state index in [1.807, 2.05) is 37.4 Å². The van der Waals surface area contributed by atoms with Crippen molar-refractivity contribution >= 4 is 29.7 Å². The van der Waals surface area contributed by atoms with Gasteiger partial charge in [-0.25, -0.2) is 0 Å². The number of amides is 1. The summed E-state index contributed by atoms with van der Waals surface area (Å²) in [4.78, 5) is 16.4. The third-order valence-corrected chi connectivity index (χ3v) is 5.57. The molecule has 1 aromatic carbocycles. The largest absolute Gasteiger partial charge is 0.497 e. The van der Waals surface area contributed by atoms with Gasteiger partial charge in [0.25, 0.3) is 5.91 Å². The maximum atomic E-state index is 12.7. The first kappa shape index (κ1) is 22.5. The molecule has 1 atom stereocenters. The lowest BCUT2D eigenvalue weighted by atomic mass is 10.0. The number of hydrogen-bond donors (Lipinski definition) is 1. The summed E-state index contributed by atoms with van der Waals surface area (Å²) in [6.45, 7) is 6.94. The van der Waals surface area contributed by atoms with Crippen molar-refractivity contribution in [2.45, 2.75) is 33.2 Å². The minimum atomic E-state index is 0. The van der Waals surface area contributed by atoms with Crippen molar-refractivity contribution < 1.29 is 9.53 Å². The van der Waals surface area contributed by atoms with Gasteiger partial charge in [0.1, 0.15) is 5.75 Å². The third kappa shape index (κ3) is 5.47. The molecule has 6 heteroatoms.